The number of carbonyl (C=O) groups excluding carboxylic acids is 2. The zero-order chi connectivity index (χ0) is 11.9. The van der Waals surface area contributed by atoms with E-state index in [1.165, 1.54) is 7.11 Å². The molecule has 1 unspecified atom stereocenters. The van der Waals surface area contributed by atoms with Crippen LogP contribution in [0, 0.1) is 0 Å². The van der Waals surface area contributed by atoms with Crippen LogP contribution in [0.5, 0.6) is 0 Å². The van der Waals surface area contributed by atoms with Gasteiger partial charge in [-0.3, -0.25) is 9.59 Å². The van der Waals surface area contributed by atoms with Gasteiger partial charge in [0.05, 0.1) is 7.11 Å². The van der Waals surface area contributed by atoms with Crippen LogP contribution in [0.1, 0.15) is 15.9 Å². The number of ether oxygens (including phenoxy) is 1. The Morgan fingerprint density at radius 1 is 1.56 bits per heavy atom. The second kappa shape index (κ2) is 4.00. The van der Waals surface area contributed by atoms with Gasteiger partial charge in [0.1, 0.15) is 0 Å². The Morgan fingerprint density at radius 2 is 2.25 bits per heavy atom. The van der Waals surface area contributed by atoms with Crippen LogP contribution in [0.25, 0.3) is 0 Å². The number of rotatable bonds is 1. The average Bonchev–Trinajstić information content (AvgIpc) is 2.51. The molecule has 3 nitrogen and oxygen atoms in total. The van der Waals surface area contributed by atoms with Crippen molar-refractivity contribution in [3.05, 3.63) is 34.3 Å². The monoisotopic (exact) mass is 350 g/mol. The first kappa shape index (κ1) is 11.9. The van der Waals surface area contributed by atoms with Crippen LogP contribution in [-0.4, -0.2) is 22.3 Å². The SMILES string of the molecule is COC(=O)C1(I)Cc2cc(Cl)ccc2C1=O. The van der Waals surface area contributed by atoms with E-state index in [4.69, 9.17) is 11.6 Å². The summed E-state index contributed by atoms with van der Waals surface area (Å²) in [5, 5.41) is 0.567. The Balaban J connectivity index is 2.48. The molecule has 1 aromatic rings. The van der Waals surface area contributed by atoms with Crippen molar-refractivity contribution in [2.24, 2.45) is 0 Å². The van der Waals surface area contributed by atoms with Gasteiger partial charge in [-0.1, -0.05) is 34.2 Å². The predicted molar refractivity (Wildman–Crippen MR) is 68.3 cm³/mol. The highest BCUT2D eigenvalue weighted by atomic mass is 127. The molecule has 0 saturated carbocycles. The van der Waals surface area contributed by atoms with Crippen molar-refractivity contribution in [3.63, 3.8) is 0 Å². The fraction of sp³-hybridized carbons (Fsp3) is 0.273. The summed E-state index contributed by atoms with van der Waals surface area (Å²) in [6, 6.07) is 5.03. The van der Waals surface area contributed by atoms with Crippen LogP contribution in [0.2, 0.25) is 5.02 Å². The molecular formula is C11H8ClIO3. The third kappa shape index (κ3) is 1.64. The van der Waals surface area contributed by atoms with Crippen molar-refractivity contribution in [3.8, 4) is 0 Å². The zero-order valence-corrected chi connectivity index (χ0v) is 11.3. The molecule has 1 atom stereocenters. The number of alkyl halides is 1. The molecule has 0 spiro atoms. The molecule has 0 amide bonds. The standard InChI is InChI=1S/C11H8ClIO3/c1-16-10(15)11(13)5-6-4-7(12)2-3-8(6)9(11)14/h2-4H,5H2,1H3. The van der Waals surface area contributed by atoms with Crippen LogP contribution in [0.15, 0.2) is 18.2 Å². The number of hydrogen-bond donors (Lipinski definition) is 0. The van der Waals surface area contributed by atoms with E-state index in [0.717, 1.165) is 5.56 Å². The summed E-state index contributed by atoms with van der Waals surface area (Å²) in [4.78, 5) is 23.7. The van der Waals surface area contributed by atoms with Crippen molar-refractivity contribution in [1.82, 2.24) is 0 Å². The van der Waals surface area contributed by atoms with Gasteiger partial charge in [-0.2, -0.15) is 0 Å². The second-order valence-electron chi connectivity index (χ2n) is 3.60. The molecule has 0 fully saturated rings. The number of ketones is 1. The molecule has 1 aliphatic carbocycles. The molecule has 0 saturated heterocycles. The lowest BCUT2D eigenvalue weighted by Crippen LogP contribution is -2.39. The van der Waals surface area contributed by atoms with Crippen LogP contribution < -0.4 is 0 Å². The maximum absolute atomic E-state index is 12.1. The maximum Gasteiger partial charge on any atom is 0.330 e. The third-order valence-electron chi connectivity index (χ3n) is 2.61. The van der Waals surface area contributed by atoms with Crippen LogP contribution >= 0.6 is 34.2 Å². The zero-order valence-electron chi connectivity index (χ0n) is 8.42. The van der Waals surface area contributed by atoms with Gasteiger partial charge < -0.3 is 4.74 Å². The normalized spacial score (nSPS) is 23.1. The number of Topliss-reactive ketones (excluding diaryl/α,β-unsaturated/α-hetero) is 1. The average molecular weight is 351 g/mol. The van der Waals surface area contributed by atoms with E-state index in [2.05, 4.69) is 4.74 Å². The first-order chi connectivity index (χ1) is 7.49. The molecule has 1 aromatic carbocycles. The van der Waals surface area contributed by atoms with E-state index in [1.807, 2.05) is 22.6 Å². The first-order valence-electron chi connectivity index (χ1n) is 4.59. The summed E-state index contributed by atoms with van der Waals surface area (Å²) in [6.45, 7) is 0. The Hall–Kier alpha value is -0.620. The van der Waals surface area contributed by atoms with Gasteiger partial charge in [0.15, 0.2) is 9.20 Å². The molecule has 84 valence electrons. The van der Waals surface area contributed by atoms with Crippen molar-refractivity contribution >= 4 is 45.9 Å². The summed E-state index contributed by atoms with van der Waals surface area (Å²) in [5.74, 6) is -0.711. The third-order valence-corrected chi connectivity index (χ3v) is 4.16. The highest BCUT2D eigenvalue weighted by Crippen LogP contribution is 2.38. The Bertz CT molecular complexity index is 486. The lowest BCUT2D eigenvalue weighted by atomic mass is 10.1. The van der Waals surface area contributed by atoms with Crippen molar-refractivity contribution in [2.45, 2.75) is 9.84 Å². The largest absolute Gasteiger partial charge is 0.468 e. The topological polar surface area (TPSA) is 43.4 Å². The Kier molecular flexibility index (Phi) is 2.96. The number of halogens is 2. The highest BCUT2D eigenvalue weighted by Gasteiger charge is 2.50. The smallest absolute Gasteiger partial charge is 0.330 e. The van der Waals surface area contributed by atoms with Gasteiger partial charge in [0, 0.05) is 17.0 Å². The summed E-state index contributed by atoms with van der Waals surface area (Å²) in [5.41, 5.74) is 1.36. The molecule has 1 aliphatic rings. The number of fused-ring (bicyclic) bond motifs is 1. The van der Waals surface area contributed by atoms with Gasteiger partial charge >= 0.3 is 5.97 Å². The van der Waals surface area contributed by atoms with E-state index in [9.17, 15) is 9.59 Å². The molecule has 0 radical (unpaired) electrons. The van der Waals surface area contributed by atoms with Crippen LogP contribution in [0.3, 0.4) is 0 Å². The number of benzene rings is 1. The highest BCUT2D eigenvalue weighted by molar-refractivity contribution is 14.1. The van der Waals surface area contributed by atoms with Crippen molar-refractivity contribution in [1.29, 1.82) is 0 Å². The Labute approximate surface area is 111 Å². The van der Waals surface area contributed by atoms with Crippen molar-refractivity contribution < 1.29 is 14.3 Å². The maximum atomic E-state index is 12.1. The molecule has 0 aromatic heterocycles. The van der Waals surface area contributed by atoms with E-state index < -0.39 is 9.39 Å². The van der Waals surface area contributed by atoms with Gasteiger partial charge in [0.25, 0.3) is 0 Å². The summed E-state index contributed by atoms with van der Waals surface area (Å²) >= 11 is 7.70. The molecule has 0 heterocycles. The molecule has 0 aliphatic heterocycles. The summed E-state index contributed by atoms with van der Waals surface area (Å²) in [6.07, 6.45) is 0.342. The molecule has 0 N–H and O–H groups in total. The van der Waals surface area contributed by atoms with E-state index in [1.54, 1.807) is 18.2 Å². The number of hydrogen-bond acceptors (Lipinski definition) is 3. The van der Waals surface area contributed by atoms with Gasteiger partial charge in [-0.25, -0.2) is 0 Å². The Morgan fingerprint density at radius 3 is 2.88 bits per heavy atom. The lowest BCUT2D eigenvalue weighted by molar-refractivity contribution is -0.141. The number of carbonyl (C=O) groups is 2. The van der Waals surface area contributed by atoms with Crippen LogP contribution in [0.4, 0.5) is 0 Å². The summed E-state index contributed by atoms with van der Waals surface area (Å²) in [7, 11) is 1.28. The van der Waals surface area contributed by atoms with Gasteiger partial charge in [-0.15, -0.1) is 0 Å². The second-order valence-corrected chi connectivity index (χ2v) is 5.88. The minimum absolute atomic E-state index is 0.202. The fourth-order valence-electron chi connectivity index (χ4n) is 1.81. The first-order valence-corrected chi connectivity index (χ1v) is 6.05. The van der Waals surface area contributed by atoms with Crippen molar-refractivity contribution in [2.75, 3.05) is 7.11 Å². The van der Waals surface area contributed by atoms with E-state index in [0.29, 0.717) is 17.0 Å². The number of methoxy groups -OCH3 is 1. The lowest BCUT2D eigenvalue weighted by Gasteiger charge is -2.15. The minimum Gasteiger partial charge on any atom is -0.468 e. The van der Waals surface area contributed by atoms with Crippen LogP contribution in [-0.2, 0) is 16.0 Å². The fourth-order valence-corrected chi connectivity index (χ4v) is 2.93. The molecular weight excluding hydrogens is 342 g/mol. The molecule has 5 heteroatoms. The van der Waals surface area contributed by atoms with Gasteiger partial charge in [0.2, 0.25) is 0 Å². The van der Waals surface area contributed by atoms with E-state index in [-0.39, 0.29) is 5.78 Å². The molecule has 0 bridgehead atoms. The predicted octanol–water partition coefficient (Wildman–Crippen LogP) is 2.43. The number of esters is 1. The molecule has 16 heavy (non-hydrogen) atoms. The molecule has 2 rings (SSSR count). The summed E-state index contributed by atoms with van der Waals surface area (Å²) < 4.78 is 3.54. The quantitative estimate of drug-likeness (QED) is 0.338. The van der Waals surface area contributed by atoms with Gasteiger partial charge in [-0.05, 0) is 23.8 Å². The van der Waals surface area contributed by atoms with E-state index >= 15 is 0 Å². The minimum atomic E-state index is -1.13.